The van der Waals surface area contributed by atoms with Gasteiger partial charge in [0.2, 0.25) is 0 Å². The Bertz CT molecular complexity index is 3170. The van der Waals surface area contributed by atoms with Crippen LogP contribution in [-0.4, -0.2) is 19.5 Å². The summed E-state index contributed by atoms with van der Waals surface area (Å²) in [5.74, 6) is 0.651. The summed E-state index contributed by atoms with van der Waals surface area (Å²) in [7, 11) is 0. The number of benzene rings is 7. The molecule has 0 atom stereocenters. The molecule has 0 saturated carbocycles. The Morgan fingerprint density at radius 3 is 2.16 bits per heavy atom. The summed E-state index contributed by atoms with van der Waals surface area (Å²) in [5.41, 5.74) is 7.03. The summed E-state index contributed by atoms with van der Waals surface area (Å²) >= 11 is 1.89. The van der Waals surface area contributed by atoms with E-state index in [-0.39, 0.29) is 0 Å². The Morgan fingerprint density at radius 1 is 0.520 bits per heavy atom. The van der Waals surface area contributed by atoms with Gasteiger partial charge in [-0.05, 0) is 52.6 Å². The van der Waals surface area contributed by atoms with Crippen LogP contribution >= 0.6 is 11.3 Å². The molecule has 11 rings (SSSR count). The molecule has 0 aliphatic rings. The minimum atomic E-state index is 0.651. The molecule has 0 amide bonds. The van der Waals surface area contributed by atoms with Crippen LogP contribution in [0.4, 0.5) is 0 Å². The van der Waals surface area contributed by atoms with Crippen molar-refractivity contribution in [3.05, 3.63) is 158 Å². The van der Waals surface area contributed by atoms with Gasteiger partial charge in [0, 0.05) is 64.7 Å². The quantitative estimate of drug-likeness (QED) is 0.190. The predicted octanol–water partition coefficient (Wildman–Crippen LogP) is 12.1. The topological polar surface area (TPSA) is 43.6 Å². The Balaban J connectivity index is 1.21. The molecule has 0 saturated heterocycles. The van der Waals surface area contributed by atoms with Crippen molar-refractivity contribution in [1.82, 2.24) is 19.5 Å². The summed E-state index contributed by atoms with van der Waals surface area (Å²) in [4.78, 5) is 15.1. The Labute approximate surface area is 290 Å². The third-order valence-electron chi connectivity index (χ3n) is 10.0. The summed E-state index contributed by atoms with van der Waals surface area (Å²) in [6.07, 6.45) is 1.81. The Hall–Kier alpha value is -6.43. The van der Waals surface area contributed by atoms with Crippen LogP contribution in [0.25, 0.3) is 103 Å². The zero-order chi connectivity index (χ0) is 32.8. The molecule has 0 aliphatic carbocycles. The van der Waals surface area contributed by atoms with Gasteiger partial charge in [0.15, 0.2) is 11.5 Å². The van der Waals surface area contributed by atoms with Crippen LogP contribution in [-0.2, 0) is 0 Å². The zero-order valence-corrected chi connectivity index (χ0v) is 27.5. The molecule has 7 aromatic carbocycles. The molecule has 11 aromatic rings. The van der Waals surface area contributed by atoms with E-state index in [0.29, 0.717) is 11.5 Å². The van der Waals surface area contributed by atoms with Crippen molar-refractivity contribution in [1.29, 1.82) is 0 Å². The van der Waals surface area contributed by atoms with Crippen LogP contribution < -0.4 is 0 Å². The van der Waals surface area contributed by atoms with Crippen LogP contribution in [0.1, 0.15) is 0 Å². The minimum Gasteiger partial charge on any atom is -0.309 e. The van der Waals surface area contributed by atoms with Crippen molar-refractivity contribution in [2.24, 2.45) is 0 Å². The van der Waals surface area contributed by atoms with E-state index in [1.54, 1.807) is 6.20 Å². The fourth-order valence-corrected chi connectivity index (χ4v) is 9.18. The molecule has 0 aliphatic heterocycles. The van der Waals surface area contributed by atoms with Gasteiger partial charge in [-0.15, -0.1) is 11.3 Å². The van der Waals surface area contributed by atoms with Crippen molar-refractivity contribution in [3.63, 3.8) is 0 Å². The van der Waals surface area contributed by atoms with Crippen molar-refractivity contribution in [2.75, 3.05) is 0 Å². The number of hydrogen-bond donors (Lipinski definition) is 0. The number of hydrogen-bond acceptors (Lipinski definition) is 4. The first kappa shape index (κ1) is 27.5. The number of pyridine rings is 1. The van der Waals surface area contributed by atoms with Crippen LogP contribution in [0.5, 0.6) is 0 Å². The molecule has 4 aromatic heterocycles. The molecule has 0 radical (unpaired) electrons. The van der Waals surface area contributed by atoms with E-state index in [2.05, 4.69) is 150 Å². The number of thiophene rings is 1. The van der Waals surface area contributed by atoms with E-state index in [9.17, 15) is 0 Å². The smallest absolute Gasteiger partial charge is 0.163 e. The lowest BCUT2D eigenvalue weighted by molar-refractivity contribution is 1.17. The lowest BCUT2D eigenvalue weighted by Gasteiger charge is -2.13. The Morgan fingerprint density at radius 2 is 1.24 bits per heavy atom. The lowest BCUT2D eigenvalue weighted by Crippen LogP contribution is -1.99. The lowest BCUT2D eigenvalue weighted by atomic mass is 9.99. The molecule has 5 heteroatoms. The van der Waals surface area contributed by atoms with Gasteiger partial charge in [-0.3, -0.25) is 0 Å². The molecule has 4 heterocycles. The number of fused-ring (bicyclic) bond motifs is 12. The van der Waals surface area contributed by atoms with Gasteiger partial charge in [-0.2, -0.15) is 0 Å². The SMILES string of the molecule is c1cc(-c2nc(-c3cccc4ccccc34)c3cccnc3n2)cc(-n2c3ccccc3c3c4sc5ccccc5c4c4ccccc4c32)c1. The maximum Gasteiger partial charge on any atom is 0.163 e. The second kappa shape index (κ2) is 10.5. The summed E-state index contributed by atoms with van der Waals surface area (Å²) in [6.45, 7) is 0. The monoisotopic (exact) mass is 654 g/mol. The number of rotatable bonds is 3. The van der Waals surface area contributed by atoms with Gasteiger partial charge in [-0.25, -0.2) is 15.0 Å². The van der Waals surface area contributed by atoms with Crippen LogP contribution in [0.3, 0.4) is 0 Å². The highest BCUT2D eigenvalue weighted by atomic mass is 32.1. The molecule has 50 heavy (non-hydrogen) atoms. The van der Waals surface area contributed by atoms with Gasteiger partial charge >= 0.3 is 0 Å². The molecule has 0 N–H and O–H groups in total. The van der Waals surface area contributed by atoms with Crippen LogP contribution in [0.15, 0.2) is 158 Å². The second-order valence-electron chi connectivity index (χ2n) is 12.8. The standard InChI is InChI=1S/C45H26N4S/c1-2-16-30-27(12-1)13-10-21-32(30)41-36-22-11-25-46-45(36)48-44(47-41)28-14-9-15-29(26-28)49-37-23-7-5-19-34(37)40-42(49)33-18-4-3-17-31(33)39-35-20-6-8-24-38(35)50-43(39)40/h1-26H. The van der Waals surface area contributed by atoms with Crippen molar-refractivity contribution < 1.29 is 0 Å². The van der Waals surface area contributed by atoms with Crippen molar-refractivity contribution in [3.8, 4) is 28.3 Å². The van der Waals surface area contributed by atoms with Gasteiger partial charge in [-0.1, -0.05) is 115 Å². The number of nitrogens with zero attached hydrogens (tertiary/aromatic N) is 4. The first-order valence-corrected chi connectivity index (χ1v) is 17.6. The molecule has 232 valence electrons. The predicted molar refractivity (Wildman–Crippen MR) is 210 cm³/mol. The third kappa shape index (κ3) is 3.89. The van der Waals surface area contributed by atoms with E-state index < -0.39 is 0 Å². The summed E-state index contributed by atoms with van der Waals surface area (Å²) in [5, 5.41) is 11.0. The highest BCUT2D eigenvalue weighted by Gasteiger charge is 2.22. The average Bonchev–Trinajstić information content (AvgIpc) is 3.74. The first-order chi connectivity index (χ1) is 24.8. The maximum absolute atomic E-state index is 5.30. The minimum absolute atomic E-state index is 0.651. The molecule has 0 fully saturated rings. The molecule has 0 bridgehead atoms. The van der Waals surface area contributed by atoms with E-state index in [0.717, 1.165) is 33.3 Å². The van der Waals surface area contributed by atoms with E-state index in [1.165, 1.54) is 58.1 Å². The summed E-state index contributed by atoms with van der Waals surface area (Å²) in [6, 6.07) is 54.0. The molecule has 0 spiro atoms. The summed E-state index contributed by atoms with van der Waals surface area (Å²) < 4.78 is 5.07. The number of para-hydroxylation sites is 1. The molecule has 0 unspecified atom stereocenters. The second-order valence-corrected chi connectivity index (χ2v) is 13.8. The van der Waals surface area contributed by atoms with E-state index in [4.69, 9.17) is 15.0 Å². The van der Waals surface area contributed by atoms with Gasteiger partial charge in [0.1, 0.15) is 0 Å². The van der Waals surface area contributed by atoms with Crippen LogP contribution in [0.2, 0.25) is 0 Å². The van der Waals surface area contributed by atoms with Gasteiger partial charge in [0.05, 0.1) is 16.7 Å². The van der Waals surface area contributed by atoms with E-state index >= 15 is 0 Å². The van der Waals surface area contributed by atoms with Crippen molar-refractivity contribution >= 4 is 85.9 Å². The fraction of sp³-hybridized carbons (Fsp3) is 0. The molecular weight excluding hydrogens is 629 g/mol. The normalized spacial score (nSPS) is 12.0. The van der Waals surface area contributed by atoms with Gasteiger partial charge in [0.25, 0.3) is 0 Å². The van der Waals surface area contributed by atoms with Crippen molar-refractivity contribution in [2.45, 2.75) is 0 Å². The maximum atomic E-state index is 5.30. The van der Waals surface area contributed by atoms with Gasteiger partial charge < -0.3 is 4.57 Å². The fourth-order valence-electron chi connectivity index (χ4n) is 7.90. The zero-order valence-electron chi connectivity index (χ0n) is 26.7. The molecule has 4 nitrogen and oxygen atoms in total. The molecular formula is C45H26N4S. The van der Waals surface area contributed by atoms with Crippen LogP contribution in [0, 0.1) is 0 Å². The third-order valence-corrected chi connectivity index (χ3v) is 11.2. The first-order valence-electron chi connectivity index (χ1n) is 16.8. The number of aromatic nitrogens is 4. The Kier molecular flexibility index (Phi) is 5.80. The average molecular weight is 655 g/mol. The highest BCUT2D eigenvalue weighted by Crippen LogP contribution is 2.48. The largest absolute Gasteiger partial charge is 0.309 e. The highest BCUT2D eigenvalue weighted by molar-refractivity contribution is 7.27. The van der Waals surface area contributed by atoms with E-state index in [1.807, 2.05) is 17.4 Å².